The highest BCUT2D eigenvalue weighted by Crippen LogP contribution is 2.25. The van der Waals surface area contributed by atoms with Gasteiger partial charge in [-0.3, -0.25) is 9.59 Å². The summed E-state index contributed by atoms with van der Waals surface area (Å²) in [5.41, 5.74) is 0.649. The lowest BCUT2D eigenvalue weighted by Gasteiger charge is -2.38. The molecule has 2 aliphatic rings. The average Bonchev–Trinajstić information content (AvgIpc) is 3.38. The van der Waals surface area contributed by atoms with Crippen molar-refractivity contribution in [3.05, 3.63) is 51.7 Å². The Morgan fingerprint density at radius 2 is 1.73 bits per heavy atom. The summed E-state index contributed by atoms with van der Waals surface area (Å²) in [6.45, 7) is 2.53. The molecular weight excluding hydrogens is 460 g/mol. The van der Waals surface area contributed by atoms with Crippen LogP contribution in [-0.4, -0.2) is 59.9 Å². The van der Waals surface area contributed by atoms with Crippen LogP contribution in [0.15, 0.2) is 41.8 Å². The molecule has 2 aliphatic heterocycles. The van der Waals surface area contributed by atoms with Crippen LogP contribution >= 0.6 is 22.9 Å². The molecule has 0 aliphatic carbocycles. The van der Waals surface area contributed by atoms with Crippen LogP contribution in [0.1, 0.15) is 41.8 Å². The molecule has 4 amide bonds. The molecule has 2 fully saturated rings. The highest BCUT2D eigenvalue weighted by atomic mass is 35.5. The minimum Gasteiger partial charge on any atom is -0.341 e. The fourth-order valence-electron chi connectivity index (χ4n) is 4.52. The first-order chi connectivity index (χ1) is 16.0. The summed E-state index contributed by atoms with van der Waals surface area (Å²) >= 11 is 7.37. The smallest absolute Gasteiger partial charge is 0.321 e. The van der Waals surface area contributed by atoms with E-state index in [1.165, 1.54) is 11.3 Å². The predicted octanol–water partition coefficient (Wildman–Crippen LogP) is 4.46. The normalized spacial score (nSPS) is 18.0. The van der Waals surface area contributed by atoms with Crippen molar-refractivity contribution in [2.45, 2.75) is 38.1 Å². The number of rotatable bonds is 5. The van der Waals surface area contributed by atoms with Gasteiger partial charge in [0.05, 0.1) is 4.88 Å². The van der Waals surface area contributed by atoms with Gasteiger partial charge in [0, 0.05) is 36.9 Å². The summed E-state index contributed by atoms with van der Waals surface area (Å²) < 4.78 is 0. The number of nitrogens with one attached hydrogen (secondary N) is 2. The molecule has 4 rings (SSSR count). The molecule has 0 bridgehead atoms. The minimum atomic E-state index is -0.573. The Hall–Kier alpha value is -2.58. The number of carbonyl (C=O) groups is 3. The molecule has 33 heavy (non-hydrogen) atoms. The molecule has 2 N–H and O–H groups in total. The van der Waals surface area contributed by atoms with Gasteiger partial charge < -0.3 is 20.4 Å². The standard InChI is InChI=1S/C24H29ClN4O3S/c25-18-6-4-7-19(16-18)26-24(32)29-13-9-17(10-14-29)21(23(31)28-11-2-1-3-12-28)27-22(30)20-8-5-15-33-20/h4-8,15-17,21H,1-3,9-14H2,(H,26,32)(H,27,30)/t21-/m0/s1. The van der Waals surface area contributed by atoms with Crippen molar-refractivity contribution in [3.8, 4) is 0 Å². The fourth-order valence-corrected chi connectivity index (χ4v) is 5.33. The number of urea groups is 1. The largest absolute Gasteiger partial charge is 0.341 e. The van der Waals surface area contributed by atoms with E-state index in [4.69, 9.17) is 11.6 Å². The van der Waals surface area contributed by atoms with Crippen molar-refractivity contribution in [2.24, 2.45) is 5.92 Å². The number of likely N-dealkylation sites (tertiary alicyclic amines) is 2. The van der Waals surface area contributed by atoms with Crippen LogP contribution in [-0.2, 0) is 4.79 Å². The van der Waals surface area contributed by atoms with E-state index in [-0.39, 0.29) is 23.8 Å². The van der Waals surface area contributed by atoms with Crippen molar-refractivity contribution in [1.29, 1.82) is 0 Å². The number of hydrogen-bond donors (Lipinski definition) is 2. The van der Waals surface area contributed by atoms with Gasteiger partial charge in [-0.05, 0) is 67.7 Å². The number of amides is 4. The van der Waals surface area contributed by atoms with Gasteiger partial charge in [0.2, 0.25) is 5.91 Å². The minimum absolute atomic E-state index is 0.00133. The van der Waals surface area contributed by atoms with E-state index in [0.717, 1.165) is 32.4 Å². The average molecular weight is 489 g/mol. The van der Waals surface area contributed by atoms with Crippen LogP contribution in [0.5, 0.6) is 0 Å². The highest BCUT2D eigenvalue weighted by molar-refractivity contribution is 7.12. The van der Waals surface area contributed by atoms with E-state index in [1.807, 2.05) is 16.3 Å². The number of carbonyl (C=O) groups excluding carboxylic acids is 3. The number of thiophene rings is 1. The number of anilines is 1. The van der Waals surface area contributed by atoms with E-state index in [0.29, 0.717) is 41.5 Å². The molecule has 0 spiro atoms. The molecule has 0 radical (unpaired) electrons. The maximum absolute atomic E-state index is 13.4. The maximum atomic E-state index is 13.4. The molecule has 1 atom stereocenters. The SMILES string of the molecule is O=C(N[C@H](C(=O)N1CCCCC1)C1CCN(C(=O)Nc2cccc(Cl)c2)CC1)c1cccs1. The van der Waals surface area contributed by atoms with Crippen molar-refractivity contribution in [1.82, 2.24) is 15.1 Å². The molecule has 7 nitrogen and oxygen atoms in total. The van der Waals surface area contributed by atoms with Crippen molar-refractivity contribution in [2.75, 3.05) is 31.5 Å². The highest BCUT2D eigenvalue weighted by Gasteiger charge is 2.36. The lowest BCUT2D eigenvalue weighted by Crippen LogP contribution is -2.55. The zero-order valence-corrected chi connectivity index (χ0v) is 20.0. The summed E-state index contributed by atoms with van der Waals surface area (Å²) in [6, 6.07) is 9.89. The third-order valence-electron chi connectivity index (χ3n) is 6.34. The Morgan fingerprint density at radius 1 is 0.970 bits per heavy atom. The van der Waals surface area contributed by atoms with Gasteiger partial charge in [-0.2, -0.15) is 0 Å². The van der Waals surface area contributed by atoms with Gasteiger partial charge in [-0.1, -0.05) is 23.7 Å². The topological polar surface area (TPSA) is 81.8 Å². The number of benzene rings is 1. The van der Waals surface area contributed by atoms with Crippen LogP contribution in [0, 0.1) is 5.92 Å². The van der Waals surface area contributed by atoms with E-state index in [1.54, 1.807) is 35.2 Å². The Labute approximate surface area is 203 Å². The van der Waals surface area contributed by atoms with Gasteiger partial charge in [0.25, 0.3) is 5.91 Å². The van der Waals surface area contributed by atoms with Crippen LogP contribution in [0.25, 0.3) is 0 Å². The van der Waals surface area contributed by atoms with E-state index in [2.05, 4.69) is 10.6 Å². The van der Waals surface area contributed by atoms with Gasteiger partial charge in [-0.25, -0.2) is 4.79 Å². The molecule has 1 aromatic heterocycles. The number of halogens is 1. The molecule has 0 saturated carbocycles. The monoisotopic (exact) mass is 488 g/mol. The Kier molecular flexibility index (Phi) is 7.88. The second-order valence-electron chi connectivity index (χ2n) is 8.58. The van der Waals surface area contributed by atoms with Gasteiger partial charge in [-0.15, -0.1) is 11.3 Å². The van der Waals surface area contributed by atoms with Gasteiger partial charge in [0.1, 0.15) is 6.04 Å². The van der Waals surface area contributed by atoms with Crippen LogP contribution in [0.3, 0.4) is 0 Å². The molecular formula is C24H29ClN4O3S. The van der Waals surface area contributed by atoms with Crippen LogP contribution in [0.4, 0.5) is 10.5 Å². The third kappa shape index (κ3) is 6.06. The summed E-state index contributed by atoms with van der Waals surface area (Å²) in [5.74, 6) is -0.221. The zero-order valence-electron chi connectivity index (χ0n) is 18.5. The molecule has 176 valence electrons. The lowest BCUT2D eigenvalue weighted by molar-refractivity contribution is -0.136. The van der Waals surface area contributed by atoms with E-state index >= 15 is 0 Å². The van der Waals surface area contributed by atoms with Gasteiger partial charge in [0.15, 0.2) is 0 Å². The van der Waals surface area contributed by atoms with E-state index in [9.17, 15) is 14.4 Å². The lowest BCUT2D eigenvalue weighted by atomic mass is 9.88. The summed E-state index contributed by atoms with van der Waals surface area (Å²) in [5, 5.41) is 8.32. The first-order valence-electron chi connectivity index (χ1n) is 11.5. The van der Waals surface area contributed by atoms with Crippen molar-refractivity contribution < 1.29 is 14.4 Å². The van der Waals surface area contributed by atoms with Crippen LogP contribution < -0.4 is 10.6 Å². The Bertz CT molecular complexity index is 970. The molecule has 9 heteroatoms. The first kappa shape index (κ1) is 23.6. The van der Waals surface area contributed by atoms with Gasteiger partial charge >= 0.3 is 6.03 Å². The fraction of sp³-hybridized carbons (Fsp3) is 0.458. The van der Waals surface area contributed by atoms with E-state index < -0.39 is 6.04 Å². The van der Waals surface area contributed by atoms with Crippen molar-refractivity contribution in [3.63, 3.8) is 0 Å². The quantitative estimate of drug-likeness (QED) is 0.652. The molecule has 0 unspecified atom stereocenters. The number of piperidine rings is 2. The first-order valence-corrected chi connectivity index (χ1v) is 12.7. The Morgan fingerprint density at radius 3 is 2.39 bits per heavy atom. The maximum Gasteiger partial charge on any atom is 0.321 e. The Balaban J connectivity index is 1.40. The second-order valence-corrected chi connectivity index (χ2v) is 9.96. The number of nitrogens with zero attached hydrogens (tertiary/aromatic N) is 2. The molecule has 2 saturated heterocycles. The molecule has 3 heterocycles. The zero-order chi connectivity index (χ0) is 23.2. The summed E-state index contributed by atoms with van der Waals surface area (Å²) in [6.07, 6.45) is 4.44. The summed E-state index contributed by atoms with van der Waals surface area (Å²) in [4.78, 5) is 43.1. The number of hydrogen-bond acceptors (Lipinski definition) is 4. The van der Waals surface area contributed by atoms with Crippen LogP contribution in [0.2, 0.25) is 5.02 Å². The third-order valence-corrected chi connectivity index (χ3v) is 7.44. The molecule has 1 aromatic carbocycles. The van der Waals surface area contributed by atoms with Crippen molar-refractivity contribution >= 4 is 46.5 Å². The molecule has 2 aromatic rings. The summed E-state index contributed by atoms with van der Waals surface area (Å²) in [7, 11) is 0. The predicted molar refractivity (Wildman–Crippen MR) is 131 cm³/mol. The second kappa shape index (κ2) is 11.0.